The summed E-state index contributed by atoms with van der Waals surface area (Å²) in [5, 5.41) is 2.06. The lowest BCUT2D eigenvalue weighted by Crippen LogP contribution is -2.52. The number of nitrogens with two attached hydrogens (primary N) is 1. The van der Waals surface area contributed by atoms with Gasteiger partial charge in [-0.15, -0.1) is 0 Å². The Bertz CT molecular complexity index is 822. The zero-order valence-corrected chi connectivity index (χ0v) is 13.5. The van der Waals surface area contributed by atoms with Crippen LogP contribution < -0.4 is 10.5 Å². The summed E-state index contributed by atoms with van der Waals surface area (Å²) >= 11 is 0. The minimum atomic E-state index is -0.456. The third-order valence-electron chi connectivity index (χ3n) is 5.13. The molecule has 1 spiro atoms. The molecule has 0 bridgehead atoms. The summed E-state index contributed by atoms with van der Waals surface area (Å²) in [7, 11) is 0. The minimum Gasteiger partial charge on any atom is -0.485 e. The molecule has 1 fully saturated rings. The number of fused-ring (bicyclic) bond motifs is 3. The van der Waals surface area contributed by atoms with Gasteiger partial charge in [0.15, 0.2) is 5.78 Å². The van der Waals surface area contributed by atoms with Crippen molar-refractivity contribution < 1.29 is 14.3 Å². The molecule has 0 saturated carbocycles. The summed E-state index contributed by atoms with van der Waals surface area (Å²) < 4.78 is 6.43. The Hall–Kier alpha value is -2.40. The van der Waals surface area contributed by atoms with Gasteiger partial charge in [-0.25, -0.2) is 0 Å². The second-order valence-electron chi connectivity index (χ2n) is 6.79. The molecule has 24 heavy (non-hydrogen) atoms. The molecule has 0 aromatic heterocycles. The molecule has 2 aromatic rings. The van der Waals surface area contributed by atoms with E-state index in [4.69, 9.17) is 10.5 Å². The average Bonchev–Trinajstić information content (AvgIpc) is 2.57. The topological polar surface area (TPSA) is 72.6 Å². The maximum Gasteiger partial charge on any atom is 0.231 e. The summed E-state index contributed by atoms with van der Waals surface area (Å²) in [5.74, 6) is 0.543. The third kappa shape index (κ3) is 2.55. The van der Waals surface area contributed by atoms with Crippen LogP contribution in [-0.4, -0.2) is 41.8 Å². The van der Waals surface area contributed by atoms with E-state index < -0.39 is 5.60 Å². The number of ketones is 1. The first-order valence-electron chi connectivity index (χ1n) is 8.31. The number of carbonyl (C=O) groups excluding carboxylic acids is 2. The predicted molar refractivity (Wildman–Crippen MR) is 91.1 cm³/mol. The van der Waals surface area contributed by atoms with Gasteiger partial charge in [0, 0.05) is 31.3 Å². The summed E-state index contributed by atoms with van der Waals surface area (Å²) in [6.07, 6.45) is 1.87. The highest BCUT2D eigenvalue weighted by Gasteiger charge is 2.43. The van der Waals surface area contributed by atoms with Gasteiger partial charge in [-0.1, -0.05) is 30.3 Å². The summed E-state index contributed by atoms with van der Waals surface area (Å²) in [4.78, 5) is 25.8. The molecule has 4 rings (SSSR count). The van der Waals surface area contributed by atoms with Crippen molar-refractivity contribution in [2.24, 2.45) is 5.73 Å². The number of carbonyl (C=O) groups is 2. The van der Waals surface area contributed by atoms with E-state index in [0.29, 0.717) is 17.7 Å². The van der Waals surface area contributed by atoms with Crippen LogP contribution >= 0.6 is 0 Å². The molecule has 2 aromatic carbocycles. The van der Waals surface area contributed by atoms with E-state index in [0.717, 1.165) is 36.7 Å². The van der Waals surface area contributed by atoms with E-state index in [1.54, 1.807) is 0 Å². The Morgan fingerprint density at radius 2 is 1.92 bits per heavy atom. The van der Waals surface area contributed by atoms with Gasteiger partial charge in [-0.2, -0.15) is 0 Å². The van der Waals surface area contributed by atoms with Gasteiger partial charge in [0.05, 0.1) is 18.5 Å². The summed E-state index contributed by atoms with van der Waals surface area (Å²) in [6, 6.07) is 11.8. The van der Waals surface area contributed by atoms with Crippen molar-refractivity contribution in [1.29, 1.82) is 0 Å². The zero-order valence-electron chi connectivity index (χ0n) is 13.5. The molecule has 2 aliphatic heterocycles. The van der Waals surface area contributed by atoms with Gasteiger partial charge < -0.3 is 10.5 Å². The fourth-order valence-corrected chi connectivity index (χ4v) is 3.83. The van der Waals surface area contributed by atoms with Gasteiger partial charge in [0.25, 0.3) is 0 Å². The molecule has 0 aliphatic carbocycles. The molecule has 0 unspecified atom stereocenters. The highest BCUT2D eigenvalue weighted by atomic mass is 16.5. The predicted octanol–water partition coefficient (Wildman–Crippen LogP) is 2.12. The molecule has 124 valence electrons. The number of ether oxygens (including phenoxy) is 1. The fraction of sp³-hybridized carbons (Fsp3) is 0.368. The Morgan fingerprint density at radius 3 is 2.67 bits per heavy atom. The van der Waals surface area contributed by atoms with E-state index in [-0.39, 0.29) is 18.2 Å². The lowest BCUT2D eigenvalue weighted by molar-refractivity contribution is -0.120. The number of Topliss-reactive ketones (excluding diaryl/α,β-unsaturated/α-hetero) is 1. The number of benzene rings is 2. The number of likely N-dealkylation sites (tertiary alicyclic amines) is 1. The van der Waals surface area contributed by atoms with Crippen LogP contribution in [0.4, 0.5) is 0 Å². The largest absolute Gasteiger partial charge is 0.485 e. The van der Waals surface area contributed by atoms with Crippen LogP contribution in [0.15, 0.2) is 36.4 Å². The Labute approximate surface area is 140 Å². The minimum absolute atomic E-state index is 0.144. The smallest absolute Gasteiger partial charge is 0.231 e. The standard InChI is InChI=1S/C19H20N2O3/c20-17(23)12-21-9-7-19(8-10-21)11-16(22)15-6-5-13-3-1-2-4-14(13)18(15)24-19/h1-6H,7-12H2,(H2,20,23). The van der Waals surface area contributed by atoms with E-state index in [1.807, 2.05) is 41.3 Å². The van der Waals surface area contributed by atoms with Gasteiger partial charge in [-0.05, 0) is 11.5 Å². The van der Waals surface area contributed by atoms with Crippen molar-refractivity contribution in [2.75, 3.05) is 19.6 Å². The second kappa shape index (κ2) is 5.60. The van der Waals surface area contributed by atoms with E-state index in [9.17, 15) is 9.59 Å². The quantitative estimate of drug-likeness (QED) is 0.918. The molecule has 0 atom stereocenters. The normalized spacial score (nSPS) is 19.9. The first-order valence-corrected chi connectivity index (χ1v) is 8.31. The van der Waals surface area contributed by atoms with Gasteiger partial charge in [0.2, 0.25) is 5.91 Å². The molecule has 2 aliphatic rings. The van der Waals surface area contributed by atoms with Crippen LogP contribution in [0, 0.1) is 0 Å². The van der Waals surface area contributed by atoms with Crippen molar-refractivity contribution in [1.82, 2.24) is 4.90 Å². The molecule has 1 saturated heterocycles. The molecule has 5 nitrogen and oxygen atoms in total. The maximum absolute atomic E-state index is 12.7. The van der Waals surface area contributed by atoms with Crippen molar-refractivity contribution in [2.45, 2.75) is 24.9 Å². The van der Waals surface area contributed by atoms with Crippen LogP contribution in [-0.2, 0) is 4.79 Å². The van der Waals surface area contributed by atoms with Crippen LogP contribution in [0.3, 0.4) is 0 Å². The monoisotopic (exact) mass is 324 g/mol. The molecule has 5 heteroatoms. The Morgan fingerprint density at radius 1 is 1.17 bits per heavy atom. The number of rotatable bonds is 2. The molecule has 1 amide bonds. The van der Waals surface area contributed by atoms with Crippen molar-refractivity contribution in [3.05, 3.63) is 42.0 Å². The molecular formula is C19H20N2O3. The molecule has 0 radical (unpaired) electrons. The number of nitrogens with zero attached hydrogens (tertiary/aromatic N) is 1. The molecule has 2 N–H and O–H groups in total. The van der Waals surface area contributed by atoms with E-state index >= 15 is 0 Å². The van der Waals surface area contributed by atoms with E-state index in [2.05, 4.69) is 0 Å². The number of piperidine rings is 1. The number of hydrogen-bond acceptors (Lipinski definition) is 4. The lowest BCUT2D eigenvalue weighted by Gasteiger charge is -2.44. The second-order valence-corrected chi connectivity index (χ2v) is 6.79. The van der Waals surface area contributed by atoms with Crippen LogP contribution in [0.5, 0.6) is 5.75 Å². The van der Waals surface area contributed by atoms with Crippen LogP contribution in [0.1, 0.15) is 29.6 Å². The molecule has 2 heterocycles. The maximum atomic E-state index is 12.7. The SMILES string of the molecule is NC(=O)CN1CCC2(CC1)CC(=O)c1ccc3ccccc3c1O2. The number of amides is 1. The van der Waals surface area contributed by atoms with Crippen molar-refractivity contribution in [3.8, 4) is 5.75 Å². The number of hydrogen-bond donors (Lipinski definition) is 1. The van der Waals surface area contributed by atoms with Gasteiger partial charge in [0.1, 0.15) is 11.4 Å². The van der Waals surface area contributed by atoms with Crippen molar-refractivity contribution >= 4 is 22.5 Å². The first kappa shape index (κ1) is 15.1. The Balaban J connectivity index is 1.65. The highest BCUT2D eigenvalue weighted by molar-refractivity contribution is 6.06. The van der Waals surface area contributed by atoms with Gasteiger partial charge in [-0.3, -0.25) is 14.5 Å². The lowest BCUT2D eigenvalue weighted by atomic mass is 9.82. The highest BCUT2D eigenvalue weighted by Crippen LogP contribution is 2.42. The third-order valence-corrected chi connectivity index (χ3v) is 5.13. The average molecular weight is 324 g/mol. The fourth-order valence-electron chi connectivity index (χ4n) is 3.83. The first-order chi connectivity index (χ1) is 11.6. The Kier molecular flexibility index (Phi) is 3.53. The van der Waals surface area contributed by atoms with Crippen LogP contribution in [0.25, 0.3) is 10.8 Å². The zero-order chi connectivity index (χ0) is 16.7. The summed E-state index contributed by atoms with van der Waals surface area (Å²) in [5.41, 5.74) is 5.50. The van der Waals surface area contributed by atoms with E-state index in [1.165, 1.54) is 0 Å². The van der Waals surface area contributed by atoms with Crippen molar-refractivity contribution in [3.63, 3.8) is 0 Å². The number of primary amides is 1. The van der Waals surface area contributed by atoms with Crippen LogP contribution in [0.2, 0.25) is 0 Å². The summed E-state index contributed by atoms with van der Waals surface area (Å²) in [6.45, 7) is 1.70. The molecular weight excluding hydrogens is 304 g/mol. The van der Waals surface area contributed by atoms with Gasteiger partial charge >= 0.3 is 0 Å².